The predicted molar refractivity (Wildman–Crippen MR) is 89.1 cm³/mol. The fourth-order valence-electron chi connectivity index (χ4n) is 1.99. The smallest absolute Gasteiger partial charge is 0.269 e. The minimum atomic E-state index is -3.95. The van der Waals surface area contributed by atoms with E-state index in [2.05, 4.69) is 5.32 Å². The van der Waals surface area contributed by atoms with Crippen LogP contribution >= 0.6 is 0 Å². The van der Waals surface area contributed by atoms with Gasteiger partial charge < -0.3 is 5.32 Å². The molecule has 2 rings (SSSR count). The summed E-state index contributed by atoms with van der Waals surface area (Å²) in [6, 6.07) is 12.7. The van der Waals surface area contributed by atoms with Gasteiger partial charge in [0.2, 0.25) is 9.84 Å². The number of nitro benzene ring substituents is 1. The monoisotopic (exact) mass is 346 g/mol. The van der Waals surface area contributed by atoms with Crippen molar-refractivity contribution in [1.29, 1.82) is 0 Å². The maximum atomic E-state index is 12.5. The van der Waals surface area contributed by atoms with E-state index in [4.69, 9.17) is 0 Å². The zero-order chi connectivity index (χ0) is 17.7. The highest BCUT2D eigenvalue weighted by Crippen LogP contribution is 2.21. The normalized spacial score (nSPS) is 11.8. The average molecular weight is 346 g/mol. The third kappa shape index (κ3) is 3.66. The number of hydrogen-bond acceptors (Lipinski definition) is 5. The number of carbonyl (C=O) groups is 1. The number of hydrogen-bond donors (Lipinski definition) is 1. The van der Waals surface area contributed by atoms with Crippen LogP contribution in [0.4, 0.5) is 11.4 Å². The van der Waals surface area contributed by atoms with Gasteiger partial charge in [0.25, 0.3) is 11.6 Å². The number of amides is 1. The Balaban J connectivity index is 2.25. The van der Waals surface area contributed by atoms with Gasteiger partial charge in [0.1, 0.15) is 4.91 Å². The first-order chi connectivity index (χ1) is 11.4. The molecule has 0 saturated heterocycles. The zero-order valence-electron chi connectivity index (χ0n) is 12.7. The first-order valence-electron chi connectivity index (χ1n) is 6.88. The van der Waals surface area contributed by atoms with Crippen molar-refractivity contribution in [3.05, 3.63) is 75.7 Å². The van der Waals surface area contributed by atoms with E-state index < -0.39 is 25.6 Å². The molecule has 24 heavy (non-hydrogen) atoms. The standard InChI is InChI=1S/C16H14N2O5S/c1-2-15(24(22,23)14-6-4-3-5-7-14)16(19)17-12-8-10-13(11-9-12)18(20)21/h2-11H,1H3,(H,17,19). The highest BCUT2D eigenvalue weighted by molar-refractivity contribution is 7.96. The summed E-state index contributed by atoms with van der Waals surface area (Å²) in [4.78, 5) is 21.9. The molecule has 0 radical (unpaired) electrons. The van der Waals surface area contributed by atoms with Crippen LogP contribution in [0.2, 0.25) is 0 Å². The average Bonchev–Trinajstić information content (AvgIpc) is 2.56. The van der Waals surface area contributed by atoms with Gasteiger partial charge in [-0.3, -0.25) is 14.9 Å². The lowest BCUT2D eigenvalue weighted by Crippen LogP contribution is -2.21. The van der Waals surface area contributed by atoms with Crippen LogP contribution in [-0.2, 0) is 14.6 Å². The van der Waals surface area contributed by atoms with E-state index in [0.29, 0.717) is 0 Å². The quantitative estimate of drug-likeness (QED) is 0.509. The van der Waals surface area contributed by atoms with Gasteiger partial charge in [0.05, 0.1) is 9.82 Å². The number of rotatable bonds is 5. The Morgan fingerprint density at radius 3 is 2.17 bits per heavy atom. The van der Waals surface area contributed by atoms with Gasteiger partial charge in [-0.05, 0) is 31.2 Å². The topological polar surface area (TPSA) is 106 Å². The molecule has 0 aliphatic carbocycles. The van der Waals surface area contributed by atoms with E-state index in [-0.39, 0.29) is 16.3 Å². The van der Waals surface area contributed by atoms with E-state index in [1.807, 2.05) is 0 Å². The Morgan fingerprint density at radius 1 is 1.08 bits per heavy atom. The number of allylic oxidation sites excluding steroid dienone is 1. The summed E-state index contributed by atoms with van der Waals surface area (Å²) in [7, 11) is -3.95. The number of nitrogens with one attached hydrogen (secondary N) is 1. The number of sulfone groups is 1. The second kappa shape index (κ2) is 7.05. The van der Waals surface area contributed by atoms with E-state index >= 15 is 0 Å². The maximum Gasteiger partial charge on any atom is 0.269 e. The molecule has 0 aliphatic rings. The van der Waals surface area contributed by atoms with Gasteiger partial charge in [-0.15, -0.1) is 0 Å². The van der Waals surface area contributed by atoms with E-state index in [1.54, 1.807) is 18.2 Å². The van der Waals surface area contributed by atoms with Crippen LogP contribution < -0.4 is 5.32 Å². The number of benzene rings is 2. The van der Waals surface area contributed by atoms with Crippen molar-refractivity contribution in [2.75, 3.05) is 5.32 Å². The van der Waals surface area contributed by atoms with Crippen molar-refractivity contribution < 1.29 is 18.1 Å². The molecule has 0 aromatic heterocycles. The van der Waals surface area contributed by atoms with Crippen LogP contribution in [-0.4, -0.2) is 19.2 Å². The molecule has 0 fully saturated rings. The number of nitrogens with zero attached hydrogens (tertiary/aromatic N) is 1. The van der Waals surface area contributed by atoms with Crippen LogP contribution in [0.1, 0.15) is 6.92 Å². The molecule has 124 valence electrons. The van der Waals surface area contributed by atoms with Crippen LogP contribution in [0.25, 0.3) is 0 Å². The maximum absolute atomic E-state index is 12.5. The largest absolute Gasteiger partial charge is 0.321 e. The second-order valence-electron chi connectivity index (χ2n) is 4.73. The van der Waals surface area contributed by atoms with Crippen molar-refractivity contribution in [1.82, 2.24) is 0 Å². The summed E-state index contributed by atoms with van der Waals surface area (Å²) in [5.41, 5.74) is 0.129. The van der Waals surface area contributed by atoms with Crippen LogP contribution in [0.5, 0.6) is 0 Å². The van der Waals surface area contributed by atoms with Gasteiger partial charge >= 0.3 is 0 Å². The van der Waals surface area contributed by atoms with E-state index in [1.165, 1.54) is 49.4 Å². The van der Waals surface area contributed by atoms with Gasteiger partial charge in [0, 0.05) is 17.8 Å². The molecule has 0 saturated carbocycles. The molecule has 0 aliphatic heterocycles. The van der Waals surface area contributed by atoms with Crippen LogP contribution in [0.15, 0.2) is 70.5 Å². The summed E-state index contributed by atoms with van der Waals surface area (Å²) in [6.07, 6.45) is 1.21. The molecule has 2 aromatic carbocycles. The van der Waals surface area contributed by atoms with Gasteiger partial charge in [-0.2, -0.15) is 0 Å². The van der Waals surface area contributed by atoms with Crippen molar-refractivity contribution in [2.24, 2.45) is 0 Å². The third-order valence-corrected chi connectivity index (χ3v) is 5.06. The van der Waals surface area contributed by atoms with E-state index in [0.717, 1.165) is 0 Å². The van der Waals surface area contributed by atoms with Crippen molar-refractivity contribution in [3.63, 3.8) is 0 Å². The first-order valence-corrected chi connectivity index (χ1v) is 8.37. The fourth-order valence-corrected chi connectivity index (χ4v) is 3.37. The summed E-state index contributed by atoms with van der Waals surface area (Å²) < 4.78 is 25.0. The summed E-state index contributed by atoms with van der Waals surface area (Å²) in [5, 5.41) is 13.0. The molecule has 0 spiro atoms. The molecule has 0 bridgehead atoms. The lowest BCUT2D eigenvalue weighted by molar-refractivity contribution is -0.384. The summed E-state index contributed by atoms with van der Waals surface area (Å²) in [5.74, 6) is -0.810. The third-order valence-electron chi connectivity index (χ3n) is 3.16. The van der Waals surface area contributed by atoms with Crippen LogP contribution in [0.3, 0.4) is 0 Å². The lowest BCUT2D eigenvalue weighted by Gasteiger charge is -2.10. The Morgan fingerprint density at radius 2 is 1.67 bits per heavy atom. The molecule has 0 atom stereocenters. The molecule has 1 N–H and O–H groups in total. The molecule has 0 heterocycles. The summed E-state index contributed by atoms with van der Waals surface area (Å²) in [6.45, 7) is 1.45. The van der Waals surface area contributed by atoms with Crippen molar-refractivity contribution in [2.45, 2.75) is 11.8 Å². The van der Waals surface area contributed by atoms with Gasteiger partial charge in [-0.1, -0.05) is 24.3 Å². The van der Waals surface area contributed by atoms with Crippen molar-refractivity contribution >= 4 is 27.1 Å². The molecule has 8 heteroatoms. The second-order valence-corrected chi connectivity index (χ2v) is 6.65. The van der Waals surface area contributed by atoms with E-state index in [9.17, 15) is 23.3 Å². The first kappa shape index (κ1) is 17.4. The highest BCUT2D eigenvalue weighted by atomic mass is 32.2. The predicted octanol–water partition coefficient (Wildman–Crippen LogP) is 2.91. The molecule has 1 amide bonds. The highest BCUT2D eigenvalue weighted by Gasteiger charge is 2.26. The van der Waals surface area contributed by atoms with Gasteiger partial charge in [0.15, 0.2) is 0 Å². The SMILES string of the molecule is CC=C(C(=O)Nc1ccc([N+](=O)[O-])cc1)S(=O)(=O)c1ccccc1. The Hall–Kier alpha value is -3.00. The molecular formula is C16H14N2O5S. The molecule has 7 nitrogen and oxygen atoms in total. The number of carbonyl (C=O) groups excluding carboxylic acids is 1. The van der Waals surface area contributed by atoms with Crippen molar-refractivity contribution in [3.8, 4) is 0 Å². The Bertz CT molecular complexity index is 888. The van der Waals surface area contributed by atoms with Gasteiger partial charge in [-0.25, -0.2) is 8.42 Å². The zero-order valence-corrected chi connectivity index (χ0v) is 13.5. The lowest BCUT2D eigenvalue weighted by atomic mass is 10.3. The summed E-state index contributed by atoms with van der Waals surface area (Å²) >= 11 is 0. The van der Waals surface area contributed by atoms with Crippen LogP contribution in [0, 0.1) is 10.1 Å². The molecular weight excluding hydrogens is 332 g/mol. The Kier molecular flexibility index (Phi) is 5.10. The minimum Gasteiger partial charge on any atom is -0.321 e. The Labute approximate surface area is 138 Å². The minimum absolute atomic E-state index is 0.0111. The number of anilines is 1. The number of non-ortho nitro benzene ring substituents is 1. The molecule has 2 aromatic rings. The fraction of sp³-hybridized carbons (Fsp3) is 0.0625. The molecule has 0 unspecified atom stereocenters. The number of nitro groups is 1.